The van der Waals surface area contributed by atoms with E-state index in [1.54, 1.807) is 6.20 Å². The second-order valence-electron chi connectivity index (χ2n) is 4.61. The van der Waals surface area contributed by atoms with Crippen LogP contribution in [0.2, 0.25) is 0 Å². The molecule has 0 saturated carbocycles. The molecule has 3 N–H and O–H groups in total. The quantitative estimate of drug-likeness (QED) is 0.777. The summed E-state index contributed by atoms with van der Waals surface area (Å²) in [6, 6.07) is 10.4. The summed E-state index contributed by atoms with van der Waals surface area (Å²) in [5.41, 5.74) is 9.02. The molecule has 19 heavy (non-hydrogen) atoms. The Labute approximate surface area is 114 Å². The van der Waals surface area contributed by atoms with E-state index in [-0.39, 0.29) is 0 Å². The van der Waals surface area contributed by atoms with Crippen molar-refractivity contribution in [1.29, 1.82) is 0 Å². The number of aryl methyl sites for hydroxylation is 1. The van der Waals surface area contributed by atoms with Crippen LogP contribution in [0.15, 0.2) is 36.5 Å². The zero-order valence-corrected chi connectivity index (χ0v) is 11.3. The molecule has 0 fully saturated rings. The van der Waals surface area contributed by atoms with Crippen molar-refractivity contribution in [2.24, 2.45) is 5.73 Å². The van der Waals surface area contributed by atoms with E-state index in [2.05, 4.69) is 46.5 Å². The Morgan fingerprint density at radius 1 is 1.26 bits per heavy atom. The number of nitrogens with two attached hydrogens (primary N) is 1. The Morgan fingerprint density at radius 3 is 2.95 bits per heavy atom. The second kappa shape index (κ2) is 6.85. The summed E-state index contributed by atoms with van der Waals surface area (Å²) in [6.45, 7) is 3.59. The minimum atomic E-state index is 0.677. The molecule has 2 rings (SSSR count). The molecule has 4 nitrogen and oxygen atoms in total. The van der Waals surface area contributed by atoms with Crippen molar-refractivity contribution in [2.45, 2.75) is 19.8 Å². The predicted molar refractivity (Wildman–Crippen MR) is 78.2 cm³/mol. The topological polar surface area (TPSA) is 63.8 Å². The maximum Gasteiger partial charge on any atom is 0.222 e. The first-order chi connectivity index (χ1) is 9.28. The van der Waals surface area contributed by atoms with Crippen LogP contribution in [0.1, 0.15) is 23.2 Å². The highest BCUT2D eigenvalue weighted by Gasteiger charge is 2.01. The number of rotatable bonds is 6. The van der Waals surface area contributed by atoms with Crippen LogP contribution in [0, 0.1) is 6.92 Å². The van der Waals surface area contributed by atoms with Crippen LogP contribution in [0.25, 0.3) is 0 Å². The summed E-state index contributed by atoms with van der Waals surface area (Å²) in [4.78, 5) is 8.71. The van der Waals surface area contributed by atoms with Gasteiger partial charge in [0.1, 0.15) is 0 Å². The Hall–Kier alpha value is -1.94. The lowest BCUT2D eigenvalue weighted by molar-refractivity contribution is 0.860. The molecule has 0 radical (unpaired) electrons. The summed E-state index contributed by atoms with van der Waals surface area (Å²) < 4.78 is 0. The lowest BCUT2D eigenvalue weighted by Crippen LogP contribution is -2.11. The van der Waals surface area contributed by atoms with Gasteiger partial charge in [-0.2, -0.15) is 0 Å². The second-order valence-corrected chi connectivity index (χ2v) is 4.61. The minimum absolute atomic E-state index is 0.677. The van der Waals surface area contributed by atoms with Gasteiger partial charge in [0.25, 0.3) is 0 Å². The first kappa shape index (κ1) is 13.5. The average molecular weight is 256 g/mol. The smallest absolute Gasteiger partial charge is 0.222 e. The monoisotopic (exact) mass is 256 g/mol. The van der Waals surface area contributed by atoms with Crippen molar-refractivity contribution < 1.29 is 0 Å². The molecule has 1 aromatic carbocycles. The Morgan fingerprint density at radius 2 is 2.16 bits per heavy atom. The van der Waals surface area contributed by atoms with E-state index in [1.165, 1.54) is 11.1 Å². The van der Waals surface area contributed by atoms with Gasteiger partial charge in [0.05, 0.1) is 5.69 Å². The molecule has 0 atom stereocenters. The normalized spacial score (nSPS) is 10.4. The average Bonchev–Trinajstić information content (AvgIpc) is 2.39. The van der Waals surface area contributed by atoms with Gasteiger partial charge in [-0.25, -0.2) is 9.97 Å². The standard InChI is InChI=1S/C15H20N4/c1-12-4-2-5-13(10-12)11-14-6-9-18-15(19-14)17-8-3-7-16/h2,4-6,9-10H,3,7-8,11,16H2,1H3,(H,17,18,19). The molecule has 0 aliphatic heterocycles. The molecule has 2 aromatic rings. The molecule has 0 spiro atoms. The van der Waals surface area contributed by atoms with Gasteiger partial charge in [0.2, 0.25) is 5.95 Å². The maximum atomic E-state index is 5.46. The fourth-order valence-corrected chi connectivity index (χ4v) is 1.91. The zero-order valence-electron chi connectivity index (χ0n) is 11.3. The van der Waals surface area contributed by atoms with E-state index >= 15 is 0 Å². The molecule has 100 valence electrons. The van der Waals surface area contributed by atoms with E-state index in [4.69, 9.17) is 5.73 Å². The van der Waals surface area contributed by atoms with Crippen LogP contribution in [-0.4, -0.2) is 23.1 Å². The van der Waals surface area contributed by atoms with E-state index in [0.717, 1.165) is 25.1 Å². The minimum Gasteiger partial charge on any atom is -0.354 e. The van der Waals surface area contributed by atoms with Crippen LogP contribution in [0.3, 0.4) is 0 Å². The third-order valence-corrected chi connectivity index (χ3v) is 2.84. The van der Waals surface area contributed by atoms with Gasteiger partial charge < -0.3 is 11.1 Å². The Kier molecular flexibility index (Phi) is 4.86. The molecule has 0 amide bonds. The SMILES string of the molecule is Cc1cccc(Cc2ccnc(NCCCN)n2)c1. The number of nitrogens with zero attached hydrogens (tertiary/aromatic N) is 2. The molecule has 1 aromatic heterocycles. The number of aromatic nitrogens is 2. The van der Waals surface area contributed by atoms with Gasteiger partial charge in [0.15, 0.2) is 0 Å². The highest BCUT2D eigenvalue weighted by molar-refractivity contribution is 5.29. The zero-order chi connectivity index (χ0) is 13.5. The van der Waals surface area contributed by atoms with Crippen LogP contribution in [0.4, 0.5) is 5.95 Å². The van der Waals surface area contributed by atoms with E-state index in [1.807, 2.05) is 6.07 Å². The third-order valence-electron chi connectivity index (χ3n) is 2.84. The first-order valence-electron chi connectivity index (χ1n) is 6.59. The van der Waals surface area contributed by atoms with Crippen molar-refractivity contribution in [3.8, 4) is 0 Å². The van der Waals surface area contributed by atoms with Crippen molar-refractivity contribution in [3.05, 3.63) is 53.3 Å². The lowest BCUT2D eigenvalue weighted by atomic mass is 10.1. The molecule has 0 aliphatic carbocycles. The molecule has 0 unspecified atom stereocenters. The number of anilines is 1. The maximum absolute atomic E-state index is 5.46. The van der Waals surface area contributed by atoms with Gasteiger partial charge in [-0.3, -0.25) is 0 Å². The van der Waals surface area contributed by atoms with Crippen molar-refractivity contribution in [1.82, 2.24) is 9.97 Å². The Bertz CT molecular complexity index is 525. The molecule has 0 saturated heterocycles. The van der Waals surface area contributed by atoms with Crippen molar-refractivity contribution in [3.63, 3.8) is 0 Å². The summed E-state index contributed by atoms with van der Waals surface area (Å²) in [5, 5.41) is 3.18. The van der Waals surface area contributed by atoms with E-state index in [9.17, 15) is 0 Å². The van der Waals surface area contributed by atoms with Gasteiger partial charge in [-0.05, 0) is 31.5 Å². The lowest BCUT2D eigenvalue weighted by Gasteiger charge is -2.06. The van der Waals surface area contributed by atoms with Crippen molar-refractivity contribution in [2.75, 3.05) is 18.4 Å². The number of hydrogen-bond donors (Lipinski definition) is 2. The summed E-state index contributed by atoms with van der Waals surface area (Å²) in [7, 11) is 0. The van der Waals surface area contributed by atoms with Crippen molar-refractivity contribution >= 4 is 5.95 Å². The summed E-state index contributed by atoms with van der Waals surface area (Å²) in [6.07, 6.45) is 3.55. The molecular weight excluding hydrogens is 236 g/mol. The summed E-state index contributed by atoms with van der Waals surface area (Å²) >= 11 is 0. The fraction of sp³-hybridized carbons (Fsp3) is 0.333. The van der Waals surface area contributed by atoms with Gasteiger partial charge >= 0.3 is 0 Å². The molecule has 4 heteroatoms. The number of nitrogens with one attached hydrogen (secondary N) is 1. The predicted octanol–water partition coefficient (Wildman–Crippen LogP) is 2.14. The van der Waals surface area contributed by atoms with E-state index in [0.29, 0.717) is 12.5 Å². The van der Waals surface area contributed by atoms with Crippen LogP contribution in [0.5, 0.6) is 0 Å². The molecule has 0 bridgehead atoms. The largest absolute Gasteiger partial charge is 0.354 e. The molecular formula is C15H20N4. The summed E-state index contributed by atoms with van der Waals surface area (Å²) in [5.74, 6) is 0.679. The van der Waals surface area contributed by atoms with Gasteiger partial charge in [-0.1, -0.05) is 29.8 Å². The first-order valence-corrected chi connectivity index (χ1v) is 6.59. The van der Waals surface area contributed by atoms with Gasteiger partial charge in [0, 0.05) is 19.2 Å². The fourth-order valence-electron chi connectivity index (χ4n) is 1.91. The number of hydrogen-bond acceptors (Lipinski definition) is 4. The van der Waals surface area contributed by atoms with Gasteiger partial charge in [-0.15, -0.1) is 0 Å². The highest BCUT2D eigenvalue weighted by Crippen LogP contribution is 2.10. The highest BCUT2D eigenvalue weighted by atomic mass is 15.1. The molecule has 0 aliphatic rings. The number of benzene rings is 1. The van der Waals surface area contributed by atoms with Crippen LogP contribution in [-0.2, 0) is 6.42 Å². The Balaban J connectivity index is 2.02. The third kappa shape index (κ3) is 4.34. The molecule has 1 heterocycles. The van der Waals surface area contributed by atoms with E-state index < -0.39 is 0 Å². The van der Waals surface area contributed by atoms with Crippen LogP contribution >= 0.6 is 0 Å². The van der Waals surface area contributed by atoms with Crippen LogP contribution < -0.4 is 11.1 Å².